The van der Waals surface area contributed by atoms with Crippen LogP contribution in [0.2, 0.25) is 0 Å². The molecule has 2 aromatic carbocycles. The van der Waals surface area contributed by atoms with E-state index in [1.807, 2.05) is 24.3 Å². The molecule has 0 bridgehead atoms. The Morgan fingerprint density at radius 3 is 2.34 bits per heavy atom. The maximum absolute atomic E-state index is 12.5. The van der Waals surface area contributed by atoms with Crippen LogP contribution in [0.1, 0.15) is 47.3 Å². The van der Waals surface area contributed by atoms with Crippen molar-refractivity contribution in [3.63, 3.8) is 0 Å². The molecule has 2 amide bonds. The monoisotopic (exact) mass is 476 g/mol. The molecule has 1 aromatic heterocycles. The van der Waals surface area contributed by atoms with E-state index in [9.17, 15) is 14.4 Å². The molecule has 1 atom stereocenters. The lowest BCUT2D eigenvalue weighted by atomic mass is 9.98. The molecule has 3 N–H and O–H groups in total. The van der Waals surface area contributed by atoms with Crippen LogP contribution in [0.5, 0.6) is 0 Å². The first kappa shape index (κ1) is 24.0. The maximum atomic E-state index is 12.5. The average Bonchev–Trinajstić information content (AvgIpc) is 3.37. The molecule has 0 fully saturated rings. The van der Waals surface area contributed by atoms with Gasteiger partial charge in [0.2, 0.25) is 0 Å². The summed E-state index contributed by atoms with van der Waals surface area (Å²) in [6.45, 7) is 2.15. The summed E-state index contributed by atoms with van der Waals surface area (Å²) in [5.74, 6) is -1.44. The number of hydrogen-bond donors (Lipinski definition) is 3. The fraction of sp³-hybridized carbons (Fsp3) is 0.308. The van der Waals surface area contributed by atoms with Gasteiger partial charge in [-0.25, -0.2) is 4.79 Å². The molecule has 0 aliphatic heterocycles. The highest BCUT2D eigenvalue weighted by molar-refractivity contribution is 5.94. The number of aliphatic carboxylic acids is 1. The molecule has 1 aliphatic carbocycles. The standard InChI is InChI=1S/C26H28N4O5/c1-16(25(32)33)8-7-13-27-24(31)22-14-23(30(2)29-22)28-26(34)35-15-21-19-11-5-3-9-17(19)18-10-4-6-12-20(18)21/h3-6,9-12,14,16,21H,7-8,13,15H2,1-2H3,(H,27,31)(H,28,34)(H,32,33). The lowest BCUT2D eigenvalue weighted by Crippen LogP contribution is -2.25. The van der Waals surface area contributed by atoms with Gasteiger partial charge in [-0.05, 0) is 35.1 Å². The number of hydrogen-bond acceptors (Lipinski definition) is 5. The molecule has 9 heteroatoms. The number of carbonyl (C=O) groups excluding carboxylic acids is 2. The first-order valence-electron chi connectivity index (χ1n) is 11.5. The second-order valence-electron chi connectivity index (χ2n) is 8.63. The Morgan fingerprint density at radius 2 is 1.71 bits per heavy atom. The number of carbonyl (C=O) groups is 3. The van der Waals surface area contributed by atoms with Crippen molar-refractivity contribution in [2.24, 2.45) is 13.0 Å². The number of aromatic nitrogens is 2. The lowest BCUT2D eigenvalue weighted by Gasteiger charge is -2.14. The number of rotatable bonds is 9. The van der Waals surface area contributed by atoms with E-state index in [0.717, 1.165) is 22.3 Å². The molecule has 9 nitrogen and oxygen atoms in total. The normalized spacial score (nSPS) is 13.0. The van der Waals surface area contributed by atoms with Crippen LogP contribution >= 0.6 is 0 Å². The third-order valence-corrected chi connectivity index (χ3v) is 6.21. The molecule has 0 spiro atoms. The molecule has 1 unspecified atom stereocenters. The average molecular weight is 477 g/mol. The summed E-state index contributed by atoms with van der Waals surface area (Å²) < 4.78 is 6.94. The largest absolute Gasteiger partial charge is 0.481 e. The Hall–Kier alpha value is -4.14. The van der Waals surface area contributed by atoms with Gasteiger partial charge in [0, 0.05) is 25.6 Å². The molecule has 1 heterocycles. The first-order chi connectivity index (χ1) is 16.8. The summed E-state index contributed by atoms with van der Waals surface area (Å²) in [4.78, 5) is 35.8. The van der Waals surface area contributed by atoms with E-state index in [4.69, 9.17) is 9.84 Å². The van der Waals surface area contributed by atoms with Crippen molar-refractivity contribution in [2.45, 2.75) is 25.7 Å². The number of carboxylic acid groups (broad SMARTS) is 1. The van der Waals surface area contributed by atoms with Crippen molar-refractivity contribution in [1.29, 1.82) is 0 Å². The number of nitrogens with zero attached hydrogens (tertiary/aromatic N) is 2. The van der Waals surface area contributed by atoms with Gasteiger partial charge < -0.3 is 15.2 Å². The minimum absolute atomic E-state index is 0.0510. The molecule has 0 saturated heterocycles. The van der Waals surface area contributed by atoms with Gasteiger partial charge in [-0.2, -0.15) is 5.10 Å². The summed E-state index contributed by atoms with van der Waals surface area (Å²) in [7, 11) is 1.62. The van der Waals surface area contributed by atoms with Gasteiger partial charge in [-0.1, -0.05) is 55.5 Å². The Balaban J connectivity index is 1.32. The zero-order valence-corrected chi connectivity index (χ0v) is 19.7. The van der Waals surface area contributed by atoms with Gasteiger partial charge >= 0.3 is 12.1 Å². The maximum Gasteiger partial charge on any atom is 0.412 e. The van der Waals surface area contributed by atoms with Gasteiger partial charge in [0.1, 0.15) is 12.4 Å². The Kier molecular flexibility index (Phi) is 7.14. The van der Waals surface area contributed by atoms with Crippen LogP contribution in [0.25, 0.3) is 11.1 Å². The van der Waals surface area contributed by atoms with Crippen LogP contribution in [-0.4, -0.2) is 46.0 Å². The van der Waals surface area contributed by atoms with Crippen LogP contribution in [0.4, 0.5) is 10.6 Å². The van der Waals surface area contributed by atoms with E-state index < -0.39 is 23.9 Å². The van der Waals surface area contributed by atoms with E-state index in [2.05, 4.69) is 40.0 Å². The Bertz CT molecular complexity index is 1210. The zero-order valence-electron chi connectivity index (χ0n) is 19.7. The van der Waals surface area contributed by atoms with Crippen LogP contribution in [0, 0.1) is 5.92 Å². The minimum Gasteiger partial charge on any atom is -0.481 e. The second-order valence-corrected chi connectivity index (χ2v) is 8.63. The lowest BCUT2D eigenvalue weighted by molar-refractivity contribution is -0.141. The number of benzene rings is 2. The predicted octanol–water partition coefficient (Wildman–Crippen LogP) is 4.01. The smallest absolute Gasteiger partial charge is 0.412 e. The van der Waals surface area contributed by atoms with Crippen molar-refractivity contribution in [3.05, 3.63) is 71.4 Å². The van der Waals surface area contributed by atoms with Gasteiger partial charge in [0.25, 0.3) is 5.91 Å². The van der Waals surface area contributed by atoms with Crippen molar-refractivity contribution in [2.75, 3.05) is 18.5 Å². The first-order valence-corrected chi connectivity index (χ1v) is 11.5. The quantitative estimate of drug-likeness (QED) is 0.401. The highest BCUT2D eigenvalue weighted by Gasteiger charge is 2.29. The summed E-state index contributed by atoms with van der Waals surface area (Å²) in [5, 5.41) is 18.4. The van der Waals surface area contributed by atoms with Gasteiger partial charge in [0.15, 0.2) is 5.69 Å². The molecule has 182 valence electrons. The highest BCUT2D eigenvalue weighted by Crippen LogP contribution is 2.44. The number of fused-ring (bicyclic) bond motifs is 3. The van der Waals surface area contributed by atoms with Crippen molar-refractivity contribution < 1.29 is 24.2 Å². The topological polar surface area (TPSA) is 123 Å². The van der Waals surface area contributed by atoms with E-state index in [-0.39, 0.29) is 18.2 Å². The highest BCUT2D eigenvalue weighted by atomic mass is 16.5. The van der Waals surface area contributed by atoms with Crippen LogP contribution in [0.15, 0.2) is 54.6 Å². The summed E-state index contributed by atoms with van der Waals surface area (Å²) in [5.41, 5.74) is 4.69. The molecule has 1 aliphatic rings. The van der Waals surface area contributed by atoms with Crippen LogP contribution < -0.4 is 10.6 Å². The summed E-state index contributed by atoms with van der Waals surface area (Å²) in [6.07, 6.45) is 0.369. The molecular weight excluding hydrogens is 448 g/mol. The summed E-state index contributed by atoms with van der Waals surface area (Å²) >= 11 is 0. The fourth-order valence-electron chi connectivity index (χ4n) is 4.26. The predicted molar refractivity (Wildman–Crippen MR) is 130 cm³/mol. The van der Waals surface area contributed by atoms with E-state index in [1.165, 1.54) is 10.7 Å². The van der Waals surface area contributed by atoms with Gasteiger partial charge in [-0.15, -0.1) is 0 Å². The SMILES string of the molecule is CC(CCCNC(=O)c1cc(NC(=O)OCC2c3ccccc3-c3ccccc32)n(C)n1)C(=O)O. The Morgan fingerprint density at radius 1 is 1.09 bits per heavy atom. The van der Waals surface area contributed by atoms with Crippen LogP contribution in [0.3, 0.4) is 0 Å². The van der Waals surface area contributed by atoms with E-state index in [0.29, 0.717) is 25.2 Å². The number of aryl methyl sites for hydroxylation is 1. The van der Waals surface area contributed by atoms with Crippen molar-refractivity contribution in [3.8, 4) is 11.1 Å². The fourth-order valence-corrected chi connectivity index (χ4v) is 4.26. The zero-order chi connectivity index (χ0) is 24.9. The summed E-state index contributed by atoms with van der Waals surface area (Å²) in [6, 6.07) is 17.7. The minimum atomic E-state index is -0.856. The van der Waals surface area contributed by atoms with E-state index >= 15 is 0 Å². The molecule has 0 radical (unpaired) electrons. The van der Waals surface area contributed by atoms with Crippen LogP contribution in [-0.2, 0) is 16.6 Å². The molecule has 0 saturated carbocycles. The number of anilines is 1. The van der Waals surface area contributed by atoms with Crippen molar-refractivity contribution in [1.82, 2.24) is 15.1 Å². The number of ether oxygens (including phenoxy) is 1. The second kappa shape index (κ2) is 10.4. The van der Waals surface area contributed by atoms with Crippen molar-refractivity contribution >= 4 is 23.8 Å². The van der Waals surface area contributed by atoms with Gasteiger partial charge in [0.05, 0.1) is 5.92 Å². The molecule has 3 aromatic rings. The Labute approximate surface area is 203 Å². The van der Waals surface area contributed by atoms with E-state index in [1.54, 1.807) is 14.0 Å². The number of amides is 2. The van der Waals surface area contributed by atoms with Gasteiger partial charge in [-0.3, -0.25) is 19.6 Å². The molecule has 35 heavy (non-hydrogen) atoms. The third kappa shape index (κ3) is 5.34. The number of carboxylic acids is 1. The molecule has 4 rings (SSSR count). The molecular formula is C26H28N4O5. The third-order valence-electron chi connectivity index (χ3n) is 6.21. The number of nitrogens with one attached hydrogen (secondary N) is 2.